The number of carbonyl (C=O) groups excluding carboxylic acids is 1. The van der Waals surface area contributed by atoms with Crippen molar-refractivity contribution < 1.29 is 14.6 Å². The van der Waals surface area contributed by atoms with E-state index < -0.39 is 12.0 Å². The van der Waals surface area contributed by atoms with Crippen LogP contribution in [0.1, 0.15) is 41.0 Å². The maximum atomic E-state index is 11.3. The largest absolute Gasteiger partial charge is 0.489 e. The smallest absolute Gasteiger partial charge is 0.268 e. The number of hydrogen-bond donors (Lipinski definition) is 2. The van der Waals surface area contributed by atoms with Crippen molar-refractivity contribution in [2.24, 2.45) is 5.73 Å². The molecule has 3 rings (SSSR count). The van der Waals surface area contributed by atoms with Gasteiger partial charge in [-0.25, -0.2) is 4.98 Å². The molecule has 2 atom stereocenters. The number of rotatable bonds is 10. The Bertz CT molecular complexity index is 970. The number of benzene rings is 2. The van der Waals surface area contributed by atoms with Crippen molar-refractivity contribution in [1.82, 2.24) is 9.55 Å². The highest BCUT2D eigenvalue weighted by atomic mass is 32.2. The average molecular weight is 426 g/mol. The number of aliphatic hydroxyl groups is 1. The normalized spacial score (nSPS) is 13.0. The molecule has 0 aliphatic carbocycles. The van der Waals surface area contributed by atoms with Crippen molar-refractivity contribution >= 4 is 17.7 Å². The minimum absolute atomic E-state index is 0.192. The molecule has 1 aromatic heterocycles. The van der Waals surface area contributed by atoms with Crippen LogP contribution in [0, 0.1) is 0 Å². The lowest BCUT2D eigenvalue weighted by Crippen LogP contribution is -2.21. The number of nitrogens with two attached hydrogens (primary N) is 1. The molecule has 30 heavy (non-hydrogen) atoms. The van der Waals surface area contributed by atoms with Gasteiger partial charge < -0.3 is 20.1 Å². The van der Waals surface area contributed by atoms with Gasteiger partial charge in [-0.3, -0.25) is 4.79 Å². The second-order valence-corrected chi connectivity index (χ2v) is 8.04. The van der Waals surface area contributed by atoms with Gasteiger partial charge in [0, 0.05) is 11.1 Å². The second-order valence-electron chi connectivity index (χ2n) is 7.16. The minimum atomic E-state index is -0.608. The number of hydrogen-bond acceptors (Lipinski definition) is 5. The highest BCUT2D eigenvalue weighted by Crippen LogP contribution is 2.26. The maximum Gasteiger partial charge on any atom is 0.268 e. The first-order chi connectivity index (χ1) is 14.5. The van der Waals surface area contributed by atoms with Gasteiger partial charge in [0.05, 0.1) is 18.5 Å². The van der Waals surface area contributed by atoms with E-state index in [1.165, 1.54) is 11.2 Å². The number of thioether (sulfide) groups is 1. The maximum absolute atomic E-state index is 11.3. The van der Waals surface area contributed by atoms with Crippen LogP contribution in [0.15, 0.2) is 66.0 Å². The molecule has 158 valence electrons. The Morgan fingerprint density at radius 1 is 1.23 bits per heavy atom. The monoisotopic (exact) mass is 425 g/mol. The molecule has 0 bridgehead atoms. The van der Waals surface area contributed by atoms with E-state index in [4.69, 9.17) is 10.5 Å². The molecule has 3 aromatic rings. The van der Waals surface area contributed by atoms with Crippen LogP contribution in [0.4, 0.5) is 0 Å². The molecule has 1 amide bonds. The Balaban J connectivity index is 1.67. The first kappa shape index (κ1) is 21.9. The summed E-state index contributed by atoms with van der Waals surface area (Å²) < 4.78 is 7.83. The Morgan fingerprint density at radius 3 is 2.60 bits per heavy atom. The Hall–Kier alpha value is -2.77. The topological polar surface area (TPSA) is 90.4 Å². The van der Waals surface area contributed by atoms with Gasteiger partial charge in [-0.1, -0.05) is 30.3 Å². The molecular formula is C23H27N3O3S. The molecule has 2 aromatic carbocycles. The fourth-order valence-electron chi connectivity index (χ4n) is 3.32. The number of primary amides is 1. The standard InChI is InChI=1S/C23H27N3O3S/c1-16(27)21(26-13-20(23(24)28)25-15-26)12-9-18-5-3-4-6-22(18)29-14-17-7-10-19(30-2)11-8-17/h3-8,10-11,13,15-16,21,27H,9,12,14H2,1-2H3,(H2,24,28). The van der Waals surface area contributed by atoms with Gasteiger partial charge in [-0.05, 0) is 55.3 Å². The number of aliphatic hydroxyl groups excluding tert-OH is 1. The summed E-state index contributed by atoms with van der Waals surface area (Å²) in [5.41, 5.74) is 7.66. The van der Waals surface area contributed by atoms with Crippen molar-refractivity contribution in [3.05, 3.63) is 77.9 Å². The van der Waals surface area contributed by atoms with Gasteiger partial charge in [0.1, 0.15) is 18.1 Å². The zero-order chi connectivity index (χ0) is 21.5. The van der Waals surface area contributed by atoms with Crippen LogP contribution in [0.5, 0.6) is 5.75 Å². The first-order valence-corrected chi connectivity index (χ1v) is 11.1. The summed E-state index contributed by atoms with van der Waals surface area (Å²) in [6.45, 7) is 2.23. The molecule has 7 heteroatoms. The average Bonchev–Trinajstić information content (AvgIpc) is 3.23. The molecule has 0 fully saturated rings. The molecule has 0 aliphatic heterocycles. The number of aromatic nitrogens is 2. The van der Waals surface area contributed by atoms with E-state index in [1.54, 1.807) is 29.4 Å². The van der Waals surface area contributed by atoms with Crippen molar-refractivity contribution in [3.63, 3.8) is 0 Å². The van der Waals surface area contributed by atoms with Gasteiger partial charge in [0.15, 0.2) is 0 Å². The number of amides is 1. The predicted octanol–water partition coefficient (Wildman–Crippen LogP) is 3.84. The third-order valence-electron chi connectivity index (χ3n) is 5.03. The highest BCUT2D eigenvalue weighted by molar-refractivity contribution is 7.98. The molecule has 0 saturated carbocycles. The van der Waals surface area contributed by atoms with Crippen LogP contribution in [0.2, 0.25) is 0 Å². The number of nitrogens with zero attached hydrogens (tertiary/aromatic N) is 2. The molecule has 0 radical (unpaired) electrons. The van der Waals surface area contributed by atoms with E-state index >= 15 is 0 Å². The molecule has 1 heterocycles. The number of carbonyl (C=O) groups is 1. The van der Waals surface area contributed by atoms with E-state index in [0.717, 1.165) is 16.9 Å². The molecular weight excluding hydrogens is 398 g/mol. The molecule has 2 unspecified atom stereocenters. The number of aryl methyl sites for hydroxylation is 1. The van der Waals surface area contributed by atoms with Crippen molar-refractivity contribution in [3.8, 4) is 5.75 Å². The van der Waals surface area contributed by atoms with E-state index in [0.29, 0.717) is 19.4 Å². The van der Waals surface area contributed by atoms with E-state index in [2.05, 4.69) is 35.5 Å². The number of para-hydroxylation sites is 1. The Labute approximate surface area is 181 Å². The van der Waals surface area contributed by atoms with E-state index in [-0.39, 0.29) is 11.7 Å². The van der Waals surface area contributed by atoms with Gasteiger partial charge in [0.25, 0.3) is 5.91 Å². The molecule has 0 aliphatic rings. The second kappa shape index (κ2) is 10.3. The lowest BCUT2D eigenvalue weighted by atomic mass is 10.0. The van der Waals surface area contributed by atoms with E-state index in [9.17, 15) is 9.90 Å². The first-order valence-electron chi connectivity index (χ1n) is 9.83. The number of ether oxygens (including phenoxy) is 1. The molecule has 3 N–H and O–H groups in total. The van der Waals surface area contributed by atoms with Gasteiger partial charge in [0.2, 0.25) is 0 Å². The zero-order valence-corrected chi connectivity index (χ0v) is 18.0. The van der Waals surface area contributed by atoms with Crippen LogP contribution >= 0.6 is 11.8 Å². The summed E-state index contributed by atoms with van der Waals surface area (Å²) in [4.78, 5) is 16.6. The summed E-state index contributed by atoms with van der Waals surface area (Å²) in [5, 5.41) is 10.3. The third-order valence-corrected chi connectivity index (χ3v) is 5.77. The van der Waals surface area contributed by atoms with Crippen LogP contribution in [0.25, 0.3) is 0 Å². The summed E-state index contributed by atoms with van der Waals surface area (Å²) in [6, 6.07) is 16.0. The fourth-order valence-corrected chi connectivity index (χ4v) is 3.73. The van der Waals surface area contributed by atoms with Crippen molar-refractivity contribution in [1.29, 1.82) is 0 Å². The van der Waals surface area contributed by atoms with Crippen LogP contribution < -0.4 is 10.5 Å². The van der Waals surface area contributed by atoms with Gasteiger partial charge in [-0.2, -0.15) is 0 Å². The summed E-state index contributed by atoms with van der Waals surface area (Å²) in [5.74, 6) is 0.252. The molecule has 6 nitrogen and oxygen atoms in total. The number of imidazole rings is 1. The predicted molar refractivity (Wildman–Crippen MR) is 119 cm³/mol. The van der Waals surface area contributed by atoms with Crippen molar-refractivity contribution in [2.45, 2.75) is 43.4 Å². The van der Waals surface area contributed by atoms with Gasteiger partial charge >= 0.3 is 0 Å². The summed E-state index contributed by atoms with van der Waals surface area (Å²) in [7, 11) is 0. The minimum Gasteiger partial charge on any atom is -0.489 e. The zero-order valence-electron chi connectivity index (χ0n) is 17.2. The van der Waals surface area contributed by atoms with Crippen LogP contribution in [-0.4, -0.2) is 32.9 Å². The summed E-state index contributed by atoms with van der Waals surface area (Å²) >= 11 is 1.71. The SMILES string of the molecule is CSc1ccc(COc2ccccc2CCC(C(C)O)n2cnc(C(N)=O)c2)cc1. The molecule has 0 spiro atoms. The highest BCUT2D eigenvalue weighted by Gasteiger charge is 2.19. The quantitative estimate of drug-likeness (QED) is 0.482. The van der Waals surface area contributed by atoms with E-state index in [1.807, 2.05) is 24.3 Å². The fraction of sp³-hybridized carbons (Fsp3) is 0.304. The summed E-state index contributed by atoms with van der Waals surface area (Å²) in [6.07, 6.45) is 5.94. The lowest BCUT2D eigenvalue weighted by Gasteiger charge is -2.22. The van der Waals surface area contributed by atoms with Crippen LogP contribution in [0.3, 0.4) is 0 Å². The molecule has 0 saturated heterocycles. The van der Waals surface area contributed by atoms with Gasteiger partial charge in [-0.15, -0.1) is 11.8 Å². The Kier molecular flexibility index (Phi) is 7.54. The van der Waals surface area contributed by atoms with Crippen molar-refractivity contribution in [2.75, 3.05) is 6.26 Å². The third kappa shape index (κ3) is 5.64. The lowest BCUT2D eigenvalue weighted by molar-refractivity contribution is 0.0994. The Morgan fingerprint density at radius 2 is 1.97 bits per heavy atom. The van der Waals surface area contributed by atoms with Crippen LogP contribution in [-0.2, 0) is 13.0 Å².